The van der Waals surface area contributed by atoms with Crippen LogP contribution in [0.1, 0.15) is 12.7 Å². The van der Waals surface area contributed by atoms with Crippen molar-refractivity contribution in [3.63, 3.8) is 0 Å². The van der Waals surface area contributed by atoms with E-state index in [-0.39, 0.29) is 5.02 Å². The highest BCUT2D eigenvalue weighted by molar-refractivity contribution is 6.30. The van der Waals surface area contributed by atoms with Crippen LogP contribution in [0.15, 0.2) is 34.7 Å². The Kier molecular flexibility index (Phi) is 3.50. The summed E-state index contributed by atoms with van der Waals surface area (Å²) in [5.74, 6) is 0.763. The van der Waals surface area contributed by atoms with Gasteiger partial charge in [-0.15, -0.1) is 0 Å². The highest BCUT2D eigenvalue weighted by Gasteiger charge is 2.09. The zero-order valence-corrected chi connectivity index (χ0v) is 10.0. The van der Waals surface area contributed by atoms with E-state index in [1.807, 2.05) is 0 Å². The third-order valence-corrected chi connectivity index (χ3v) is 2.67. The maximum atomic E-state index is 13.3. The summed E-state index contributed by atoms with van der Waals surface area (Å²) < 4.78 is 18.8. The third kappa shape index (κ3) is 2.87. The van der Waals surface area contributed by atoms with Crippen molar-refractivity contribution in [1.82, 2.24) is 0 Å². The Bertz CT molecular complexity index is 520. The fourth-order valence-corrected chi connectivity index (χ4v) is 1.70. The number of furan rings is 1. The highest BCUT2D eigenvalue weighted by Crippen LogP contribution is 2.26. The van der Waals surface area contributed by atoms with Crippen molar-refractivity contribution in [2.75, 3.05) is 0 Å². The SMILES string of the molecule is CC(O)Cc1ccc(-c2ccc(Cl)c(F)c2)o1. The van der Waals surface area contributed by atoms with E-state index >= 15 is 0 Å². The normalized spacial score (nSPS) is 12.7. The molecule has 0 radical (unpaired) electrons. The van der Waals surface area contributed by atoms with Crippen molar-refractivity contribution in [1.29, 1.82) is 0 Å². The molecule has 0 aliphatic rings. The number of hydrogen-bond donors (Lipinski definition) is 1. The van der Waals surface area contributed by atoms with Gasteiger partial charge in [-0.05, 0) is 37.3 Å². The first-order valence-electron chi connectivity index (χ1n) is 5.28. The van der Waals surface area contributed by atoms with Crippen molar-refractivity contribution in [3.05, 3.63) is 46.9 Å². The van der Waals surface area contributed by atoms with Gasteiger partial charge in [-0.25, -0.2) is 4.39 Å². The van der Waals surface area contributed by atoms with Crippen molar-refractivity contribution < 1.29 is 13.9 Å². The molecule has 0 amide bonds. The zero-order chi connectivity index (χ0) is 12.4. The lowest BCUT2D eigenvalue weighted by Crippen LogP contribution is -2.02. The average Bonchev–Trinajstić information content (AvgIpc) is 2.69. The van der Waals surface area contributed by atoms with Gasteiger partial charge in [0.15, 0.2) is 0 Å². The molecule has 0 fully saturated rings. The van der Waals surface area contributed by atoms with Gasteiger partial charge in [-0.3, -0.25) is 0 Å². The van der Waals surface area contributed by atoms with Crippen LogP contribution in [0.5, 0.6) is 0 Å². The lowest BCUT2D eigenvalue weighted by molar-refractivity contribution is 0.187. The molecule has 1 heterocycles. The molecule has 1 atom stereocenters. The van der Waals surface area contributed by atoms with Crippen LogP contribution in [0.3, 0.4) is 0 Å². The minimum absolute atomic E-state index is 0.0875. The van der Waals surface area contributed by atoms with E-state index in [0.29, 0.717) is 23.5 Å². The first-order valence-corrected chi connectivity index (χ1v) is 5.66. The van der Waals surface area contributed by atoms with Gasteiger partial charge >= 0.3 is 0 Å². The fraction of sp³-hybridized carbons (Fsp3) is 0.231. The monoisotopic (exact) mass is 254 g/mol. The highest BCUT2D eigenvalue weighted by atomic mass is 35.5. The molecular formula is C13H12ClFO2. The Labute approximate surface area is 104 Å². The lowest BCUT2D eigenvalue weighted by atomic mass is 10.2. The molecule has 2 aromatic rings. The Morgan fingerprint density at radius 1 is 1.35 bits per heavy atom. The molecular weight excluding hydrogens is 243 g/mol. The second kappa shape index (κ2) is 4.90. The molecule has 90 valence electrons. The van der Waals surface area contributed by atoms with E-state index < -0.39 is 11.9 Å². The van der Waals surface area contributed by atoms with Gasteiger partial charge in [0.05, 0.1) is 11.1 Å². The Morgan fingerprint density at radius 3 is 2.76 bits per heavy atom. The summed E-state index contributed by atoms with van der Waals surface area (Å²) in [6, 6.07) is 8.03. The quantitative estimate of drug-likeness (QED) is 0.907. The van der Waals surface area contributed by atoms with Crippen LogP contribution >= 0.6 is 11.6 Å². The Morgan fingerprint density at radius 2 is 2.12 bits per heavy atom. The van der Waals surface area contributed by atoms with Gasteiger partial charge < -0.3 is 9.52 Å². The first-order chi connectivity index (χ1) is 8.06. The molecule has 1 unspecified atom stereocenters. The van der Waals surface area contributed by atoms with E-state index in [9.17, 15) is 9.50 Å². The van der Waals surface area contributed by atoms with E-state index in [4.69, 9.17) is 16.0 Å². The summed E-state index contributed by atoms with van der Waals surface area (Å²) in [5, 5.41) is 9.32. The molecule has 1 aromatic carbocycles. The average molecular weight is 255 g/mol. The number of rotatable bonds is 3. The molecule has 17 heavy (non-hydrogen) atoms. The second-order valence-electron chi connectivity index (χ2n) is 3.95. The number of aliphatic hydroxyl groups is 1. The van der Waals surface area contributed by atoms with Crippen LogP contribution in [0.2, 0.25) is 5.02 Å². The zero-order valence-electron chi connectivity index (χ0n) is 9.28. The van der Waals surface area contributed by atoms with Gasteiger partial charge in [-0.1, -0.05) is 11.6 Å². The van der Waals surface area contributed by atoms with Crippen LogP contribution in [0.4, 0.5) is 4.39 Å². The maximum Gasteiger partial charge on any atom is 0.142 e. The summed E-state index contributed by atoms with van der Waals surface area (Å²) in [6.07, 6.45) is -0.0215. The smallest absolute Gasteiger partial charge is 0.142 e. The predicted octanol–water partition coefficient (Wildman–Crippen LogP) is 3.66. The van der Waals surface area contributed by atoms with Crippen molar-refractivity contribution >= 4 is 11.6 Å². The summed E-state index contributed by atoms with van der Waals surface area (Å²) in [6.45, 7) is 1.68. The first kappa shape index (κ1) is 12.1. The van der Waals surface area contributed by atoms with E-state index in [2.05, 4.69) is 0 Å². The largest absolute Gasteiger partial charge is 0.461 e. The van der Waals surface area contributed by atoms with Crippen molar-refractivity contribution in [3.8, 4) is 11.3 Å². The predicted molar refractivity (Wildman–Crippen MR) is 64.5 cm³/mol. The van der Waals surface area contributed by atoms with E-state index in [1.54, 1.807) is 25.1 Å². The van der Waals surface area contributed by atoms with Crippen molar-refractivity contribution in [2.24, 2.45) is 0 Å². The molecule has 1 N–H and O–H groups in total. The number of hydrogen-bond acceptors (Lipinski definition) is 2. The minimum atomic E-state index is -0.474. The molecule has 0 aliphatic carbocycles. The topological polar surface area (TPSA) is 33.4 Å². The molecule has 1 aromatic heterocycles. The fourth-order valence-electron chi connectivity index (χ4n) is 1.58. The number of benzene rings is 1. The molecule has 4 heteroatoms. The molecule has 2 rings (SSSR count). The molecule has 0 aliphatic heterocycles. The standard InChI is InChI=1S/C13H12ClFO2/c1-8(16)6-10-3-5-13(17-10)9-2-4-11(14)12(15)7-9/h2-5,7-8,16H,6H2,1H3. The lowest BCUT2D eigenvalue weighted by Gasteiger charge is -2.01. The van der Waals surface area contributed by atoms with Gasteiger partial charge in [0.25, 0.3) is 0 Å². The third-order valence-electron chi connectivity index (χ3n) is 2.36. The molecule has 0 spiro atoms. The molecule has 0 bridgehead atoms. The van der Waals surface area contributed by atoms with Gasteiger partial charge in [0.2, 0.25) is 0 Å². The minimum Gasteiger partial charge on any atom is -0.461 e. The van der Waals surface area contributed by atoms with Gasteiger partial charge in [-0.2, -0.15) is 0 Å². The van der Waals surface area contributed by atoms with Crippen LogP contribution in [-0.2, 0) is 6.42 Å². The summed E-state index contributed by atoms with van der Waals surface area (Å²) >= 11 is 5.60. The number of halogens is 2. The van der Waals surface area contributed by atoms with Gasteiger partial charge in [0, 0.05) is 12.0 Å². The van der Waals surface area contributed by atoms with Crippen molar-refractivity contribution in [2.45, 2.75) is 19.4 Å². The maximum absolute atomic E-state index is 13.3. The van der Waals surface area contributed by atoms with Gasteiger partial charge in [0.1, 0.15) is 17.3 Å². The van der Waals surface area contributed by atoms with E-state index in [0.717, 1.165) is 0 Å². The summed E-state index contributed by atoms with van der Waals surface area (Å²) in [7, 11) is 0. The van der Waals surface area contributed by atoms with Crippen LogP contribution < -0.4 is 0 Å². The summed E-state index contributed by atoms with van der Waals surface area (Å²) in [4.78, 5) is 0. The Hall–Kier alpha value is -1.32. The Balaban J connectivity index is 2.27. The van der Waals surface area contributed by atoms with Crippen LogP contribution in [-0.4, -0.2) is 11.2 Å². The van der Waals surface area contributed by atoms with Crippen LogP contribution in [0.25, 0.3) is 11.3 Å². The van der Waals surface area contributed by atoms with Crippen LogP contribution in [0, 0.1) is 5.82 Å². The molecule has 0 saturated carbocycles. The van der Waals surface area contributed by atoms with E-state index in [1.165, 1.54) is 12.1 Å². The summed E-state index contributed by atoms with van der Waals surface area (Å²) in [5.41, 5.74) is 0.628. The number of aliphatic hydroxyl groups excluding tert-OH is 1. The second-order valence-corrected chi connectivity index (χ2v) is 4.36. The molecule has 0 saturated heterocycles. The molecule has 2 nitrogen and oxygen atoms in total.